The third-order valence-corrected chi connectivity index (χ3v) is 6.24. The zero-order chi connectivity index (χ0) is 26.3. The first-order valence-corrected chi connectivity index (χ1v) is 10.7. The molecule has 190 valence electrons. The van der Waals surface area contributed by atoms with Gasteiger partial charge in [0.15, 0.2) is 0 Å². The predicted molar refractivity (Wildman–Crippen MR) is 113 cm³/mol. The number of carbonyl (C=O) groups is 2. The summed E-state index contributed by atoms with van der Waals surface area (Å²) in [5, 5.41) is 0. The molecular weight excluding hydrogens is 481 g/mol. The van der Waals surface area contributed by atoms with E-state index < -0.39 is 47.4 Å². The van der Waals surface area contributed by atoms with Gasteiger partial charge < -0.3 is 9.80 Å². The molecule has 35 heavy (non-hydrogen) atoms. The van der Waals surface area contributed by atoms with E-state index in [0.717, 1.165) is 4.90 Å². The van der Waals surface area contributed by atoms with Crippen LogP contribution in [0, 0.1) is 12.7 Å². The molecular formula is C24H23F7N2O2. The van der Waals surface area contributed by atoms with E-state index in [1.165, 1.54) is 37.1 Å². The van der Waals surface area contributed by atoms with Crippen LogP contribution >= 0.6 is 0 Å². The number of piperidine rings is 1. The minimum atomic E-state index is -5.02. The van der Waals surface area contributed by atoms with E-state index in [9.17, 15) is 40.3 Å². The molecule has 0 radical (unpaired) electrons. The molecule has 0 bridgehead atoms. The Morgan fingerprint density at radius 3 is 2.11 bits per heavy atom. The highest BCUT2D eigenvalue weighted by atomic mass is 19.4. The molecule has 2 amide bonds. The molecule has 0 saturated carbocycles. The van der Waals surface area contributed by atoms with Crippen LogP contribution in [-0.2, 0) is 17.1 Å². The van der Waals surface area contributed by atoms with Gasteiger partial charge in [-0.05, 0) is 60.9 Å². The molecule has 1 saturated heterocycles. The highest BCUT2D eigenvalue weighted by Gasteiger charge is 2.39. The smallest absolute Gasteiger partial charge is 0.321 e. The number of alkyl halides is 6. The van der Waals surface area contributed by atoms with Gasteiger partial charge in [-0.25, -0.2) is 9.18 Å². The molecule has 2 atom stereocenters. The number of Topliss-reactive ketones (excluding diaryl/α,β-unsaturated/α-hetero) is 1. The van der Waals surface area contributed by atoms with Gasteiger partial charge in [0, 0.05) is 26.4 Å². The Hall–Kier alpha value is -3.11. The van der Waals surface area contributed by atoms with Crippen LogP contribution in [0.15, 0.2) is 36.4 Å². The van der Waals surface area contributed by atoms with E-state index in [1.807, 2.05) is 0 Å². The maximum Gasteiger partial charge on any atom is 0.416 e. The second kappa shape index (κ2) is 9.50. The van der Waals surface area contributed by atoms with E-state index in [1.54, 1.807) is 6.92 Å². The van der Waals surface area contributed by atoms with Crippen molar-refractivity contribution in [1.29, 1.82) is 0 Å². The molecule has 0 spiro atoms. The van der Waals surface area contributed by atoms with Crippen LogP contribution in [0.3, 0.4) is 0 Å². The lowest BCUT2D eigenvalue weighted by Crippen LogP contribution is -2.48. The van der Waals surface area contributed by atoms with Gasteiger partial charge in [-0.1, -0.05) is 6.07 Å². The summed E-state index contributed by atoms with van der Waals surface area (Å²) in [4.78, 5) is 27.9. The molecule has 2 aromatic carbocycles. The minimum Gasteiger partial charge on any atom is -0.321 e. The topological polar surface area (TPSA) is 40.6 Å². The van der Waals surface area contributed by atoms with Crippen LogP contribution in [0.4, 0.5) is 35.5 Å². The van der Waals surface area contributed by atoms with Gasteiger partial charge in [-0.3, -0.25) is 4.79 Å². The lowest BCUT2D eigenvalue weighted by Gasteiger charge is -2.40. The van der Waals surface area contributed by atoms with Crippen LogP contribution in [0.1, 0.15) is 59.7 Å². The Balaban J connectivity index is 1.96. The molecule has 1 aliphatic rings. The summed E-state index contributed by atoms with van der Waals surface area (Å²) in [6.07, 6.45) is -10.0. The normalized spacial score (nSPS) is 17.9. The van der Waals surface area contributed by atoms with Crippen molar-refractivity contribution in [2.24, 2.45) is 0 Å². The maximum atomic E-state index is 13.6. The van der Waals surface area contributed by atoms with E-state index in [-0.39, 0.29) is 36.8 Å². The summed E-state index contributed by atoms with van der Waals surface area (Å²) in [5.74, 6) is -0.617. The first-order valence-electron chi connectivity index (χ1n) is 10.7. The van der Waals surface area contributed by atoms with Gasteiger partial charge in [0.2, 0.25) is 0 Å². The number of nitrogens with zero attached hydrogens (tertiary/aromatic N) is 2. The number of hydrogen-bond donors (Lipinski definition) is 0. The monoisotopic (exact) mass is 504 g/mol. The predicted octanol–water partition coefficient (Wildman–Crippen LogP) is 6.69. The fourth-order valence-corrected chi connectivity index (χ4v) is 4.16. The van der Waals surface area contributed by atoms with E-state index in [4.69, 9.17) is 0 Å². The molecule has 4 nitrogen and oxygen atoms in total. The Bertz CT molecular complexity index is 1100. The van der Waals surface area contributed by atoms with Crippen molar-refractivity contribution in [2.45, 2.75) is 51.1 Å². The van der Waals surface area contributed by atoms with Gasteiger partial charge in [0.25, 0.3) is 0 Å². The Morgan fingerprint density at radius 1 is 1.03 bits per heavy atom. The zero-order valence-corrected chi connectivity index (χ0v) is 19.1. The fourth-order valence-electron chi connectivity index (χ4n) is 4.16. The van der Waals surface area contributed by atoms with Crippen LogP contribution in [0.2, 0.25) is 0 Å². The van der Waals surface area contributed by atoms with Crippen molar-refractivity contribution in [3.63, 3.8) is 0 Å². The number of hydrogen-bond acceptors (Lipinski definition) is 2. The number of likely N-dealkylation sites (tertiary alicyclic amines) is 1. The van der Waals surface area contributed by atoms with Crippen molar-refractivity contribution in [3.05, 3.63) is 70.0 Å². The number of aryl methyl sites for hydroxylation is 1. The number of benzene rings is 2. The molecule has 1 fully saturated rings. The van der Waals surface area contributed by atoms with Gasteiger partial charge in [-0.15, -0.1) is 0 Å². The van der Waals surface area contributed by atoms with Crippen molar-refractivity contribution in [2.75, 3.05) is 13.6 Å². The quantitative estimate of drug-likeness (QED) is 0.437. The number of carbonyl (C=O) groups excluding carboxylic acids is 2. The number of ketones is 1. The highest BCUT2D eigenvalue weighted by molar-refractivity contribution is 5.84. The molecule has 3 rings (SSSR count). The molecule has 0 aromatic heterocycles. The number of amides is 2. The summed E-state index contributed by atoms with van der Waals surface area (Å²) in [6, 6.07) is 2.54. The molecule has 2 aromatic rings. The third-order valence-electron chi connectivity index (χ3n) is 6.24. The number of rotatable bonds is 3. The highest BCUT2D eigenvalue weighted by Crippen LogP contribution is 2.39. The van der Waals surface area contributed by atoms with Gasteiger partial charge in [-0.2, -0.15) is 26.3 Å². The van der Waals surface area contributed by atoms with E-state index in [2.05, 4.69) is 0 Å². The number of urea groups is 1. The van der Waals surface area contributed by atoms with Gasteiger partial charge in [0.1, 0.15) is 11.6 Å². The third kappa shape index (κ3) is 5.76. The van der Waals surface area contributed by atoms with Gasteiger partial charge in [0.05, 0.1) is 23.2 Å². The Labute approximate surface area is 197 Å². The largest absolute Gasteiger partial charge is 0.416 e. The molecule has 0 aliphatic carbocycles. The van der Waals surface area contributed by atoms with E-state index in [0.29, 0.717) is 23.3 Å². The summed E-state index contributed by atoms with van der Waals surface area (Å²) in [5.41, 5.74) is -2.25. The van der Waals surface area contributed by atoms with Crippen LogP contribution in [0.5, 0.6) is 0 Å². The lowest BCUT2D eigenvalue weighted by atomic mass is 9.91. The van der Waals surface area contributed by atoms with Crippen LogP contribution in [0.25, 0.3) is 0 Å². The first-order chi connectivity index (χ1) is 16.1. The van der Waals surface area contributed by atoms with Crippen molar-refractivity contribution in [1.82, 2.24) is 9.80 Å². The lowest BCUT2D eigenvalue weighted by molar-refractivity contribution is -0.143. The minimum absolute atomic E-state index is 0.00655. The standard InChI is InChI=1S/C24H23F7N2O2/c1-13-8-18(25)4-5-20(13)21-12-19(34)6-7-33(21)22(35)32(3)14(2)15-9-16(23(26,27)28)11-17(10-15)24(29,30)31/h4-5,8-11,14,21H,6-7,12H2,1-3H3/t14?,21-/m1/s1. The molecule has 1 heterocycles. The van der Waals surface area contributed by atoms with Crippen molar-refractivity contribution >= 4 is 11.8 Å². The molecule has 11 heteroatoms. The summed E-state index contributed by atoms with van der Waals surface area (Å²) >= 11 is 0. The maximum absolute atomic E-state index is 13.6. The SMILES string of the molecule is Cc1cc(F)ccc1[C@H]1CC(=O)CCN1C(=O)N(C)C(C)c1cc(C(F)(F)F)cc(C(F)(F)F)c1. The zero-order valence-electron chi connectivity index (χ0n) is 19.1. The number of halogens is 7. The van der Waals surface area contributed by atoms with Crippen LogP contribution in [-0.4, -0.2) is 35.2 Å². The molecule has 1 aliphatic heterocycles. The molecule has 0 N–H and O–H groups in total. The second-order valence-corrected chi connectivity index (χ2v) is 8.61. The summed E-state index contributed by atoms with van der Waals surface area (Å²) in [6.45, 7) is 2.95. The molecule has 1 unspecified atom stereocenters. The summed E-state index contributed by atoms with van der Waals surface area (Å²) < 4.78 is 93.2. The Morgan fingerprint density at radius 2 is 1.60 bits per heavy atom. The van der Waals surface area contributed by atoms with Crippen molar-refractivity contribution in [3.8, 4) is 0 Å². The average Bonchev–Trinajstić information content (AvgIpc) is 2.76. The average molecular weight is 504 g/mol. The summed E-state index contributed by atoms with van der Waals surface area (Å²) in [7, 11) is 1.27. The van der Waals surface area contributed by atoms with Gasteiger partial charge >= 0.3 is 18.4 Å². The van der Waals surface area contributed by atoms with Crippen molar-refractivity contribution < 1.29 is 40.3 Å². The van der Waals surface area contributed by atoms with E-state index >= 15 is 0 Å². The Kier molecular flexibility index (Phi) is 7.19. The fraction of sp³-hybridized carbons (Fsp3) is 0.417. The first kappa shape index (κ1) is 26.5. The van der Waals surface area contributed by atoms with Crippen LogP contribution < -0.4 is 0 Å². The second-order valence-electron chi connectivity index (χ2n) is 8.61.